The Kier molecular flexibility index (Phi) is 10.5. The van der Waals surface area contributed by atoms with Crippen molar-refractivity contribution in [1.29, 1.82) is 0 Å². The molecule has 0 unspecified atom stereocenters. The molecule has 59 heavy (non-hydrogen) atoms. The van der Waals surface area contributed by atoms with Crippen molar-refractivity contribution < 1.29 is 0 Å². The first kappa shape index (κ1) is 36.9. The molecule has 10 aromatic rings. The lowest BCUT2D eigenvalue weighted by Gasteiger charge is -2.26. The maximum Gasteiger partial charge on any atom is 0.0541 e. The van der Waals surface area contributed by atoms with Gasteiger partial charge in [0, 0.05) is 33.5 Å². The van der Waals surface area contributed by atoms with E-state index in [0.717, 1.165) is 17.1 Å². The van der Waals surface area contributed by atoms with E-state index in [9.17, 15) is 0 Å². The second-order valence-electron chi connectivity index (χ2n) is 14.6. The van der Waals surface area contributed by atoms with Crippen LogP contribution in [0.3, 0.4) is 0 Å². The predicted octanol–water partition coefficient (Wildman–Crippen LogP) is 16.1. The van der Waals surface area contributed by atoms with Crippen molar-refractivity contribution in [3.05, 3.63) is 243 Å². The van der Waals surface area contributed by atoms with Gasteiger partial charge in [-0.2, -0.15) is 0 Å². The van der Waals surface area contributed by atoms with Crippen molar-refractivity contribution in [2.24, 2.45) is 0 Å². The zero-order valence-corrected chi connectivity index (χ0v) is 33.1. The van der Waals surface area contributed by atoms with Crippen LogP contribution in [0.15, 0.2) is 243 Å². The van der Waals surface area contributed by atoms with Gasteiger partial charge < -0.3 is 9.47 Å². The molecular formula is C57H44N2. The summed E-state index contributed by atoms with van der Waals surface area (Å²) in [6, 6.07) is 82.9. The first-order valence-electron chi connectivity index (χ1n) is 20.2. The normalized spacial score (nSPS) is 10.9. The Balaban J connectivity index is 0.00000145. The molecule has 282 valence electrons. The van der Waals surface area contributed by atoms with E-state index in [-0.39, 0.29) is 0 Å². The smallest absolute Gasteiger partial charge is 0.0541 e. The van der Waals surface area contributed by atoms with Crippen LogP contribution in [0.4, 0.5) is 17.1 Å². The molecule has 10 rings (SSSR count). The van der Waals surface area contributed by atoms with Crippen LogP contribution in [0.2, 0.25) is 0 Å². The molecule has 0 aliphatic rings. The Bertz CT molecular complexity index is 2950. The molecule has 0 N–H and O–H groups in total. The number of nitrogens with zero attached hydrogens (tertiary/aromatic N) is 2. The summed E-state index contributed by atoms with van der Waals surface area (Å²) >= 11 is 0. The van der Waals surface area contributed by atoms with Crippen molar-refractivity contribution in [3.8, 4) is 50.2 Å². The minimum absolute atomic E-state index is 1.12. The molecule has 0 aliphatic heterocycles. The summed E-state index contributed by atoms with van der Waals surface area (Å²) in [7, 11) is 0. The van der Waals surface area contributed by atoms with Gasteiger partial charge in [0.15, 0.2) is 0 Å². The quantitative estimate of drug-likeness (QED) is 0.140. The second kappa shape index (κ2) is 16.8. The Morgan fingerprint density at radius 3 is 1.19 bits per heavy atom. The lowest BCUT2D eigenvalue weighted by molar-refractivity contribution is 1.18. The second-order valence-corrected chi connectivity index (χ2v) is 14.6. The molecule has 0 atom stereocenters. The third-order valence-corrected chi connectivity index (χ3v) is 10.8. The fraction of sp³-hybridized carbons (Fsp3) is 0.0175. The molecule has 0 bridgehead atoms. The van der Waals surface area contributed by atoms with Gasteiger partial charge in [0.2, 0.25) is 0 Å². The topological polar surface area (TPSA) is 8.17 Å². The van der Waals surface area contributed by atoms with Crippen LogP contribution < -0.4 is 4.90 Å². The molecule has 0 aliphatic carbocycles. The molecule has 0 spiro atoms. The highest BCUT2D eigenvalue weighted by Crippen LogP contribution is 2.38. The Hall–Kier alpha value is -7.68. The van der Waals surface area contributed by atoms with Gasteiger partial charge in [-0.1, -0.05) is 170 Å². The van der Waals surface area contributed by atoms with Crippen molar-refractivity contribution in [1.82, 2.24) is 4.57 Å². The van der Waals surface area contributed by atoms with Crippen LogP contribution in [0.1, 0.15) is 6.92 Å². The molecule has 2 heteroatoms. The van der Waals surface area contributed by atoms with E-state index in [1.807, 2.05) is 6.92 Å². The molecule has 9 aromatic carbocycles. The first-order valence-corrected chi connectivity index (χ1v) is 20.2. The number of para-hydroxylation sites is 3. The van der Waals surface area contributed by atoms with E-state index in [1.54, 1.807) is 6.08 Å². The summed E-state index contributed by atoms with van der Waals surface area (Å²) in [4.78, 5) is 2.31. The van der Waals surface area contributed by atoms with E-state index in [0.29, 0.717) is 0 Å². The van der Waals surface area contributed by atoms with Gasteiger partial charge in [-0.15, -0.1) is 6.58 Å². The standard InChI is InChI=1S/C54H38N2.C3H6/c1-4-12-39(13-5-1)43-28-33-49(34-29-43)55(47-14-6-2-7-15-47)50-35-30-44(31-36-50)42-22-20-40(21-23-42)41-24-26-45(27-25-41)46-32-37-54-52(38-46)51-18-10-11-19-53(51)56(54)48-16-8-3-9-17-48;1-3-2/h1-38H;3H,1H2,2H3. The van der Waals surface area contributed by atoms with Crippen molar-refractivity contribution >= 4 is 38.9 Å². The van der Waals surface area contributed by atoms with Crippen molar-refractivity contribution in [2.75, 3.05) is 4.90 Å². The average molecular weight is 757 g/mol. The summed E-state index contributed by atoms with van der Waals surface area (Å²) in [5.74, 6) is 0. The van der Waals surface area contributed by atoms with Crippen LogP contribution >= 0.6 is 0 Å². The number of fused-ring (bicyclic) bond motifs is 3. The zero-order chi connectivity index (χ0) is 40.0. The van der Waals surface area contributed by atoms with E-state index >= 15 is 0 Å². The molecular weight excluding hydrogens is 713 g/mol. The number of hydrogen-bond donors (Lipinski definition) is 0. The molecule has 1 heterocycles. The molecule has 0 saturated heterocycles. The largest absolute Gasteiger partial charge is 0.311 e. The monoisotopic (exact) mass is 756 g/mol. The minimum Gasteiger partial charge on any atom is -0.311 e. The average Bonchev–Trinajstić information content (AvgIpc) is 3.65. The summed E-state index contributed by atoms with van der Waals surface area (Å²) in [5.41, 5.74) is 16.6. The molecule has 1 aromatic heterocycles. The lowest BCUT2D eigenvalue weighted by atomic mass is 9.97. The Morgan fingerprint density at radius 1 is 0.339 bits per heavy atom. The maximum absolute atomic E-state index is 3.36. The van der Waals surface area contributed by atoms with Crippen LogP contribution in [0, 0.1) is 0 Å². The minimum atomic E-state index is 1.12. The zero-order valence-electron chi connectivity index (χ0n) is 33.1. The van der Waals surface area contributed by atoms with Crippen LogP contribution in [0.5, 0.6) is 0 Å². The molecule has 0 saturated carbocycles. The van der Waals surface area contributed by atoms with Gasteiger partial charge in [0.05, 0.1) is 11.0 Å². The highest BCUT2D eigenvalue weighted by molar-refractivity contribution is 6.10. The fourth-order valence-electron chi connectivity index (χ4n) is 7.98. The van der Waals surface area contributed by atoms with Gasteiger partial charge in [-0.25, -0.2) is 0 Å². The van der Waals surface area contributed by atoms with E-state index in [2.05, 4.69) is 247 Å². The molecule has 2 nitrogen and oxygen atoms in total. The predicted molar refractivity (Wildman–Crippen MR) is 253 cm³/mol. The SMILES string of the molecule is C=CC.c1ccc(-c2ccc(N(c3ccccc3)c3ccc(-c4ccc(-c5ccc(-c6ccc7c(c6)c6ccccc6n7-c6ccccc6)cc5)cc4)cc3)cc2)cc1. The summed E-state index contributed by atoms with van der Waals surface area (Å²) in [6.45, 7) is 5.25. The van der Waals surface area contributed by atoms with Crippen LogP contribution in [-0.2, 0) is 0 Å². The maximum atomic E-state index is 3.36. The number of rotatable bonds is 8. The van der Waals surface area contributed by atoms with E-state index < -0.39 is 0 Å². The van der Waals surface area contributed by atoms with Gasteiger partial charge in [0.1, 0.15) is 0 Å². The summed E-state index contributed by atoms with van der Waals surface area (Å²) in [6.07, 6.45) is 1.75. The van der Waals surface area contributed by atoms with Crippen molar-refractivity contribution in [2.45, 2.75) is 6.92 Å². The third-order valence-electron chi connectivity index (χ3n) is 10.8. The Morgan fingerprint density at radius 2 is 0.678 bits per heavy atom. The summed E-state index contributed by atoms with van der Waals surface area (Å²) < 4.78 is 2.36. The highest BCUT2D eigenvalue weighted by atomic mass is 15.1. The summed E-state index contributed by atoms with van der Waals surface area (Å²) in [5, 5.41) is 2.53. The molecule has 0 amide bonds. The molecule has 0 fully saturated rings. The Labute approximate surface area is 347 Å². The van der Waals surface area contributed by atoms with Crippen molar-refractivity contribution in [3.63, 3.8) is 0 Å². The molecule has 0 radical (unpaired) electrons. The van der Waals surface area contributed by atoms with Gasteiger partial charge >= 0.3 is 0 Å². The van der Waals surface area contributed by atoms with Gasteiger partial charge in [-0.05, 0) is 118 Å². The first-order chi connectivity index (χ1) is 29.2. The number of benzene rings is 9. The van der Waals surface area contributed by atoms with Gasteiger partial charge in [0.25, 0.3) is 0 Å². The van der Waals surface area contributed by atoms with E-state index in [1.165, 1.54) is 72.0 Å². The number of aromatic nitrogens is 1. The van der Waals surface area contributed by atoms with Crippen LogP contribution in [0.25, 0.3) is 72.0 Å². The number of allylic oxidation sites excluding steroid dienone is 1. The lowest BCUT2D eigenvalue weighted by Crippen LogP contribution is -2.09. The van der Waals surface area contributed by atoms with Gasteiger partial charge in [-0.3, -0.25) is 0 Å². The fourth-order valence-corrected chi connectivity index (χ4v) is 7.98. The van der Waals surface area contributed by atoms with E-state index in [4.69, 9.17) is 0 Å². The third kappa shape index (κ3) is 7.60. The highest BCUT2D eigenvalue weighted by Gasteiger charge is 2.15. The number of anilines is 3. The van der Waals surface area contributed by atoms with Crippen LogP contribution in [-0.4, -0.2) is 4.57 Å². The number of hydrogen-bond acceptors (Lipinski definition) is 1.